The van der Waals surface area contributed by atoms with Crippen molar-refractivity contribution in [3.05, 3.63) is 28.8 Å². The first-order valence-corrected chi connectivity index (χ1v) is 5.54. The van der Waals surface area contributed by atoms with Crippen molar-refractivity contribution in [2.45, 2.75) is 18.8 Å². The maximum atomic E-state index is 10.6. The minimum atomic E-state index is 0.701. The van der Waals surface area contributed by atoms with Crippen LogP contribution in [0.25, 0.3) is 10.2 Å². The fraction of sp³-hybridized carbons (Fsp3) is 0.273. The lowest BCUT2D eigenvalue weighted by molar-refractivity contribution is 0.112. The van der Waals surface area contributed by atoms with Crippen molar-refractivity contribution >= 4 is 27.8 Å². The van der Waals surface area contributed by atoms with Crippen molar-refractivity contribution in [1.82, 2.24) is 4.98 Å². The molecule has 3 heteroatoms. The summed E-state index contributed by atoms with van der Waals surface area (Å²) in [6, 6.07) is 5.68. The van der Waals surface area contributed by atoms with Crippen molar-refractivity contribution in [2.75, 3.05) is 0 Å². The molecule has 1 fully saturated rings. The van der Waals surface area contributed by atoms with Crippen LogP contribution in [-0.4, -0.2) is 11.3 Å². The van der Waals surface area contributed by atoms with Crippen LogP contribution in [-0.2, 0) is 0 Å². The van der Waals surface area contributed by atoms with Crippen LogP contribution in [0.15, 0.2) is 18.2 Å². The molecule has 2 aromatic rings. The Kier molecular flexibility index (Phi) is 1.67. The highest BCUT2D eigenvalue weighted by molar-refractivity contribution is 7.18. The first-order valence-electron chi connectivity index (χ1n) is 4.72. The molecule has 0 radical (unpaired) electrons. The van der Waals surface area contributed by atoms with E-state index in [2.05, 4.69) is 4.98 Å². The van der Waals surface area contributed by atoms with Gasteiger partial charge in [0.1, 0.15) is 6.29 Å². The molecule has 1 saturated carbocycles. The second-order valence-corrected chi connectivity index (χ2v) is 4.73. The molecule has 1 aliphatic carbocycles. The average molecular weight is 203 g/mol. The molecule has 0 bridgehead atoms. The smallest absolute Gasteiger partial charge is 0.150 e. The monoisotopic (exact) mass is 203 g/mol. The zero-order valence-corrected chi connectivity index (χ0v) is 8.38. The van der Waals surface area contributed by atoms with Gasteiger partial charge in [0.15, 0.2) is 0 Å². The Labute approximate surface area is 85.6 Å². The largest absolute Gasteiger partial charge is 0.298 e. The Balaban J connectivity index is 2.17. The first kappa shape index (κ1) is 8.12. The van der Waals surface area contributed by atoms with E-state index in [0.29, 0.717) is 5.92 Å². The quantitative estimate of drug-likeness (QED) is 0.702. The fourth-order valence-corrected chi connectivity index (χ4v) is 2.72. The molecule has 0 unspecified atom stereocenters. The van der Waals surface area contributed by atoms with Gasteiger partial charge in [-0.25, -0.2) is 4.98 Å². The number of rotatable bonds is 2. The SMILES string of the molecule is O=Cc1ccc2nc(C3CC3)sc2c1. The molecule has 0 atom stereocenters. The molecular formula is C11H9NOS. The summed E-state index contributed by atoms with van der Waals surface area (Å²) >= 11 is 1.73. The van der Waals surface area contributed by atoms with E-state index in [4.69, 9.17) is 0 Å². The molecule has 1 aliphatic rings. The van der Waals surface area contributed by atoms with E-state index in [0.717, 1.165) is 22.1 Å². The third kappa shape index (κ3) is 1.24. The fourth-order valence-electron chi connectivity index (χ4n) is 1.54. The van der Waals surface area contributed by atoms with E-state index >= 15 is 0 Å². The third-order valence-electron chi connectivity index (χ3n) is 2.49. The number of carbonyl (C=O) groups is 1. The van der Waals surface area contributed by atoms with Crippen molar-refractivity contribution in [3.63, 3.8) is 0 Å². The van der Waals surface area contributed by atoms with Gasteiger partial charge in [0.2, 0.25) is 0 Å². The second-order valence-electron chi connectivity index (χ2n) is 3.67. The molecule has 0 spiro atoms. The number of nitrogens with zero attached hydrogens (tertiary/aromatic N) is 1. The molecule has 1 heterocycles. The van der Waals surface area contributed by atoms with Crippen LogP contribution in [0.5, 0.6) is 0 Å². The van der Waals surface area contributed by atoms with Crippen LogP contribution < -0.4 is 0 Å². The molecule has 0 aliphatic heterocycles. The summed E-state index contributed by atoms with van der Waals surface area (Å²) < 4.78 is 1.14. The van der Waals surface area contributed by atoms with E-state index in [-0.39, 0.29) is 0 Å². The molecule has 0 amide bonds. The lowest BCUT2D eigenvalue weighted by atomic mass is 10.2. The molecule has 70 valence electrons. The Hall–Kier alpha value is -1.22. The van der Waals surface area contributed by atoms with Crippen LogP contribution in [0.1, 0.15) is 34.1 Å². The molecule has 0 saturated heterocycles. The van der Waals surface area contributed by atoms with Gasteiger partial charge in [-0.3, -0.25) is 4.79 Å². The topological polar surface area (TPSA) is 30.0 Å². The van der Waals surface area contributed by atoms with Crippen LogP contribution in [0.3, 0.4) is 0 Å². The highest BCUT2D eigenvalue weighted by Crippen LogP contribution is 2.43. The van der Waals surface area contributed by atoms with Crippen LogP contribution in [0, 0.1) is 0 Å². The van der Waals surface area contributed by atoms with Gasteiger partial charge in [0.05, 0.1) is 15.2 Å². The van der Waals surface area contributed by atoms with E-state index in [1.807, 2.05) is 18.2 Å². The lowest BCUT2D eigenvalue weighted by Crippen LogP contribution is -1.77. The van der Waals surface area contributed by atoms with Gasteiger partial charge < -0.3 is 0 Å². The second kappa shape index (κ2) is 2.89. The Morgan fingerprint density at radius 1 is 1.43 bits per heavy atom. The predicted molar refractivity (Wildman–Crippen MR) is 57.0 cm³/mol. The Morgan fingerprint density at radius 2 is 2.29 bits per heavy atom. The van der Waals surface area contributed by atoms with E-state index in [1.165, 1.54) is 17.8 Å². The van der Waals surface area contributed by atoms with Crippen molar-refractivity contribution in [3.8, 4) is 0 Å². The molecule has 1 aromatic heterocycles. The van der Waals surface area contributed by atoms with Crippen LogP contribution >= 0.6 is 11.3 Å². The first-order chi connectivity index (χ1) is 6.86. The van der Waals surface area contributed by atoms with E-state index in [9.17, 15) is 4.79 Å². The molecular weight excluding hydrogens is 194 g/mol. The minimum absolute atomic E-state index is 0.701. The number of hydrogen-bond donors (Lipinski definition) is 0. The number of thiazole rings is 1. The van der Waals surface area contributed by atoms with Gasteiger partial charge in [-0.15, -0.1) is 11.3 Å². The van der Waals surface area contributed by atoms with E-state index in [1.54, 1.807) is 11.3 Å². The average Bonchev–Trinajstić information content (AvgIpc) is 2.97. The van der Waals surface area contributed by atoms with Gasteiger partial charge in [0, 0.05) is 11.5 Å². The summed E-state index contributed by atoms with van der Waals surface area (Å²) in [6.07, 6.45) is 3.44. The number of aromatic nitrogens is 1. The highest BCUT2D eigenvalue weighted by atomic mass is 32.1. The molecule has 2 nitrogen and oxygen atoms in total. The molecule has 0 N–H and O–H groups in total. The number of benzene rings is 1. The van der Waals surface area contributed by atoms with Gasteiger partial charge in [0.25, 0.3) is 0 Å². The predicted octanol–water partition coefficient (Wildman–Crippen LogP) is 2.99. The van der Waals surface area contributed by atoms with Crippen molar-refractivity contribution in [2.24, 2.45) is 0 Å². The van der Waals surface area contributed by atoms with E-state index < -0.39 is 0 Å². The van der Waals surface area contributed by atoms with Gasteiger partial charge in [-0.1, -0.05) is 0 Å². The maximum absolute atomic E-state index is 10.6. The van der Waals surface area contributed by atoms with Crippen molar-refractivity contribution in [1.29, 1.82) is 0 Å². The van der Waals surface area contributed by atoms with Crippen molar-refractivity contribution < 1.29 is 4.79 Å². The normalized spacial score (nSPS) is 16.0. The summed E-state index contributed by atoms with van der Waals surface area (Å²) in [5.74, 6) is 0.701. The highest BCUT2D eigenvalue weighted by Gasteiger charge is 2.26. The number of hydrogen-bond acceptors (Lipinski definition) is 3. The zero-order valence-electron chi connectivity index (χ0n) is 7.56. The molecule has 1 aromatic carbocycles. The summed E-state index contributed by atoms with van der Waals surface area (Å²) in [4.78, 5) is 15.1. The third-order valence-corrected chi connectivity index (χ3v) is 3.67. The molecule has 14 heavy (non-hydrogen) atoms. The number of aldehydes is 1. The number of fused-ring (bicyclic) bond motifs is 1. The van der Waals surface area contributed by atoms with Gasteiger partial charge in [-0.05, 0) is 31.0 Å². The Morgan fingerprint density at radius 3 is 3.00 bits per heavy atom. The molecule has 3 rings (SSSR count). The Bertz CT molecular complexity index is 499. The summed E-state index contributed by atoms with van der Waals surface area (Å²) in [5, 5.41) is 1.24. The van der Waals surface area contributed by atoms with Crippen LogP contribution in [0.4, 0.5) is 0 Å². The lowest BCUT2D eigenvalue weighted by Gasteiger charge is -1.87. The summed E-state index contributed by atoms with van der Waals surface area (Å²) in [7, 11) is 0. The maximum Gasteiger partial charge on any atom is 0.150 e. The standard InChI is InChI=1S/C11H9NOS/c13-6-7-1-4-9-10(5-7)14-11(12-9)8-2-3-8/h1,4-6,8H,2-3H2. The number of carbonyl (C=O) groups excluding carboxylic acids is 1. The minimum Gasteiger partial charge on any atom is -0.298 e. The van der Waals surface area contributed by atoms with Crippen LogP contribution in [0.2, 0.25) is 0 Å². The zero-order chi connectivity index (χ0) is 9.54. The summed E-state index contributed by atoms with van der Waals surface area (Å²) in [5.41, 5.74) is 1.77. The summed E-state index contributed by atoms with van der Waals surface area (Å²) in [6.45, 7) is 0. The van der Waals surface area contributed by atoms with Gasteiger partial charge >= 0.3 is 0 Å². The van der Waals surface area contributed by atoms with Gasteiger partial charge in [-0.2, -0.15) is 0 Å².